The fraction of sp³-hybridized carbons (Fsp3) is 0.500. The van der Waals surface area contributed by atoms with Gasteiger partial charge in [-0.2, -0.15) is 0 Å². The van der Waals surface area contributed by atoms with Crippen LogP contribution in [0, 0.1) is 11.8 Å². The monoisotopic (exact) mass is 792 g/mol. The van der Waals surface area contributed by atoms with E-state index in [1.165, 1.54) is 32.4 Å². The minimum atomic E-state index is -2.25. The summed E-state index contributed by atoms with van der Waals surface area (Å²) < 4.78 is 23.5. The van der Waals surface area contributed by atoms with Crippen LogP contribution in [0.4, 0.5) is 0 Å². The van der Waals surface area contributed by atoms with E-state index in [0.29, 0.717) is 37.2 Å². The molecule has 2 heterocycles. The van der Waals surface area contributed by atoms with E-state index in [9.17, 15) is 44.4 Å². The van der Waals surface area contributed by atoms with Gasteiger partial charge in [-0.15, -0.1) is 0 Å². The van der Waals surface area contributed by atoms with E-state index < -0.39 is 78.8 Å². The number of thiocarbonyl (C=S) groups is 1. The van der Waals surface area contributed by atoms with Crippen LogP contribution in [-0.2, 0) is 30.3 Å². The number of hydrogen-bond acceptors (Lipinski definition) is 14. The number of Topliss-reactive ketones (excluding diaryl/α,β-unsaturated/α-hetero) is 1. The molecule has 0 bridgehead atoms. The number of carbonyl (C=O) groups excluding carboxylic acids is 5. The maximum absolute atomic E-state index is 14.1. The highest BCUT2D eigenvalue weighted by Gasteiger charge is 2.51. The van der Waals surface area contributed by atoms with Crippen LogP contribution in [0.2, 0.25) is 0 Å². The fourth-order valence-corrected chi connectivity index (χ4v) is 9.08. The van der Waals surface area contributed by atoms with Crippen LogP contribution in [0.5, 0.6) is 17.2 Å². The number of benzene rings is 2. The van der Waals surface area contributed by atoms with E-state index in [1.54, 1.807) is 24.0 Å². The number of amides is 2. The third-order valence-electron chi connectivity index (χ3n) is 11.8. The number of nitrogens with one attached hydrogen (secondary N) is 1. The van der Waals surface area contributed by atoms with Crippen LogP contribution in [-0.4, -0.2) is 117 Å². The van der Waals surface area contributed by atoms with E-state index in [1.807, 2.05) is 0 Å². The minimum Gasteiger partial charge on any atom is -0.507 e. The standard InChI is InChI=1S/C40H44N2O13S/c1-18-34(46)23(41-39(50)20-9-7-19(8-10-20)16-42-27(45)11-12-28(42)56)13-29(54-18)55-25-15-40(51,26(44)17-43)14-22-31(25)37(49)32-33(38(22)53-3)35(47)21-5-4-6-24(52-2)30(21)36(32)48/h4-6,11-12,18-20,23,25,29,34,43,46,49,51H,7-10,13-17H2,1-3H3,(H,41,50)/t18?,19?,20?,23?,25-,29?,34?,40-/m0/s1. The van der Waals surface area contributed by atoms with Gasteiger partial charge in [0.15, 0.2) is 17.9 Å². The molecule has 298 valence electrons. The van der Waals surface area contributed by atoms with Crippen molar-refractivity contribution in [3.8, 4) is 17.2 Å². The third-order valence-corrected chi connectivity index (χ3v) is 12.2. The second kappa shape index (κ2) is 15.4. The normalized spacial score (nSPS) is 29.8. The van der Waals surface area contributed by atoms with E-state index in [-0.39, 0.29) is 75.0 Å². The molecule has 2 aromatic rings. The number of ketones is 3. The van der Waals surface area contributed by atoms with Crippen molar-refractivity contribution in [1.29, 1.82) is 0 Å². The molecule has 0 radical (unpaired) electrons. The number of hydrogen-bond donors (Lipinski definition) is 5. The second-order valence-electron chi connectivity index (χ2n) is 15.1. The van der Waals surface area contributed by atoms with Gasteiger partial charge in [-0.3, -0.25) is 28.9 Å². The van der Waals surface area contributed by atoms with Gasteiger partial charge in [0.1, 0.15) is 40.5 Å². The number of phenolic OH excluding ortho intramolecular Hbond substituents is 1. The molecule has 0 spiro atoms. The van der Waals surface area contributed by atoms with Crippen molar-refractivity contribution < 1.29 is 63.3 Å². The number of carbonyl (C=O) groups is 5. The van der Waals surface area contributed by atoms with E-state index in [0.717, 1.165) is 0 Å². The summed E-state index contributed by atoms with van der Waals surface area (Å²) in [7, 11) is 2.59. The molecule has 6 atom stereocenters. The lowest BCUT2D eigenvalue weighted by Crippen LogP contribution is -2.56. The summed E-state index contributed by atoms with van der Waals surface area (Å²) in [6.07, 6.45) is 0.0581. The Bertz CT molecular complexity index is 2020. The van der Waals surface area contributed by atoms with Gasteiger partial charge in [-0.1, -0.05) is 24.4 Å². The van der Waals surface area contributed by atoms with Gasteiger partial charge in [0.2, 0.25) is 11.7 Å². The first-order chi connectivity index (χ1) is 26.7. The van der Waals surface area contributed by atoms with Crippen molar-refractivity contribution in [1.82, 2.24) is 10.2 Å². The Morgan fingerprint density at radius 2 is 1.77 bits per heavy atom. The van der Waals surface area contributed by atoms with Crippen molar-refractivity contribution in [3.63, 3.8) is 0 Å². The first kappa shape index (κ1) is 39.6. The van der Waals surface area contributed by atoms with Crippen molar-refractivity contribution in [2.75, 3.05) is 27.4 Å². The van der Waals surface area contributed by atoms with Gasteiger partial charge in [0.25, 0.3) is 5.91 Å². The lowest BCUT2D eigenvalue weighted by atomic mass is 9.72. The number of methoxy groups -OCH3 is 2. The Morgan fingerprint density at radius 3 is 2.41 bits per heavy atom. The average Bonchev–Trinajstić information content (AvgIpc) is 3.50. The Morgan fingerprint density at radius 1 is 1.04 bits per heavy atom. The number of aromatic hydroxyl groups is 1. The Labute approximate surface area is 327 Å². The molecule has 5 N–H and O–H groups in total. The van der Waals surface area contributed by atoms with Gasteiger partial charge in [0, 0.05) is 54.5 Å². The summed E-state index contributed by atoms with van der Waals surface area (Å²) in [5.74, 6) is -3.53. The Hall–Kier alpha value is -4.58. The summed E-state index contributed by atoms with van der Waals surface area (Å²) in [6.45, 7) is 1.06. The third kappa shape index (κ3) is 6.81. The zero-order valence-electron chi connectivity index (χ0n) is 31.1. The number of rotatable bonds is 10. The van der Waals surface area contributed by atoms with E-state index in [2.05, 4.69) is 5.32 Å². The molecule has 5 aliphatic rings. The smallest absolute Gasteiger partial charge is 0.251 e. The number of phenols is 1. The van der Waals surface area contributed by atoms with Gasteiger partial charge >= 0.3 is 0 Å². The number of ether oxygens (including phenoxy) is 4. The summed E-state index contributed by atoms with van der Waals surface area (Å²) in [5, 5.41) is 47.6. The van der Waals surface area contributed by atoms with E-state index >= 15 is 0 Å². The molecule has 3 aliphatic carbocycles. The van der Waals surface area contributed by atoms with Gasteiger partial charge in [-0.25, -0.2) is 0 Å². The molecular formula is C40H44N2O13S. The molecule has 1 saturated carbocycles. The Balaban J connectivity index is 1.15. The Kier molecular flexibility index (Phi) is 10.9. The number of aliphatic hydroxyl groups is 3. The predicted molar refractivity (Wildman–Crippen MR) is 199 cm³/mol. The maximum atomic E-state index is 14.1. The molecule has 15 nitrogen and oxygen atoms in total. The molecule has 2 aromatic carbocycles. The highest BCUT2D eigenvalue weighted by Crippen LogP contribution is 2.53. The minimum absolute atomic E-state index is 0.00913. The quantitative estimate of drug-likeness (QED) is 0.186. The molecule has 2 aliphatic heterocycles. The van der Waals surface area contributed by atoms with Gasteiger partial charge < -0.3 is 44.7 Å². The van der Waals surface area contributed by atoms with Crippen molar-refractivity contribution >= 4 is 46.4 Å². The largest absolute Gasteiger partial charge is 0.507 e. The van der Waals surface area contributed by atoms with Crippen molar-refractivity contribution in [3.05, 3.63) is 63.7 Å². The molecule has 1 saturated heterocycles. The first-order valence-electron chi connectivity index (χ1n) is 18.6. The molecular weight excluding hydrogens is 749 g/mol. The van der Waals surface area contributed by atoms with Crippen LogP contribution in [0.25, 0.3) is 0 Å². The van der Waals surface area contributed by atoms with Crippen LogP contribution in [0.3, 0.4) is 0 Å². The first-order valence-corrected chi connectivity index (χ1v) is 19.0. The number of nitrogens with zero attached hydrogens (tertiary/aromatic N) is 1. The molecule has 2 amide bonds. The summed E-state index contributed by atoms with van der Waals surface area (Å²) in [5.41, 5.74) is -2.93. The van der Waals surface area contributed by atoms with Crippen LogP contribution < -0.4 is 14.8 Å². The van der Waals surface area contributed by atoms with Crippen molar-refractivity contribution in [2.24, 2.45) is 11.8 Å². The topological polar surface area (TPSA) is 218 Å². The summed E-state index contributed by atoms with van der Waals surface area (Å²) in [6, 6.07) is 3.66. The molecule has 16 heteroatoms. The highest BCUT2D eigenvalue weighted by atomic mass is 32.1. The zero-order valence-corrected chi connectivity index (χ0v) is 31.9. The zero-order chi connectivity index (χ0) is 40.2. The number of aliphatic hydroxyl groups excluding tert-OH is 2. The highest BCUT2D eigenvalue weighted by molar-refractivity contribution is 7.80. The van der Waals surface area contributed by atoms with E-state index in [4.69, 9.17) is 31.2 Å². The lowest BCUT2D eigenvalue weighted by molar-refractivity contribution is -0.249. The summed E-state index contributed by atoms with van der Waals surface area (Å²) in [4.78, 5) is 69.0. The van der Waals surface area contributed by atoms with Crippen LogP contribution in [0.15, 0.2) is 30.4 Å². The fourth-order valence-electron chi connectivity index (χ4n) is 8.84. The molecule has 4 unspecified atom stereocenters. The van der Waals surface area contributed by atoms with Gasteiger partial charge in [0.05, 0.1) is 49.2 Å². The lowest BCUT2D eigenvalue weighted by Gasteiger charge is -2.43. The predicted octanol–water partition coefficient (Wildman–Crippen LogP) is 1.99. The van der Waals surface area contributed by atoms with Gasteiger partial charge in [-0.05, 0) is 50.7 Å². The second-order valence-corrected chi connectivity index (χ2v) is 15.6. The molecule has 2 fully saturated rings. The van der Waals surface area contributed by atoms with Crippen molar-refractivity contribution in [2.45, 2.75) is 88.1 Å². The SMILES string of the molecule is COc1cccc2c1C(=O)c1c(O)c3c(c(OC)c1C2=O)C[C@@](O)(C(=O)CO)C[C@@H]3OC1CC(NC(=O)C2CCC(CN3C(=O)C=CC3=S)CC2)C(O)C(C)O1. The number of fused-ring (bicyclic) bond motifs is 3. The summed E-state index contributed by atoms with van der Waals surface area (Å²) >= 11 is 5.27. The molecule has 7 rings (SSSR count). The molecule has 0 aromatic heterocycles. The van der Waals surface area contributed by atoms with Crippen LogP contribution in [0.1, 0.15) is 94.5 Å². The maximum Gasteiger partial charge on any atom is 0.251 e. The molecule has 56 heavy (non-hydrogen) atoms. The average molecular weight is 793 g/mol. The van der Waals surface area contributed by atoms with Crippen LogP contribution >= 0.6 is 12.2 Å².